The molecule has 0 amide bonds. The van der Waals surface area contributed by atoms with Crippen molar-refractivity contribution in [1.29, 1.82) is 0 Å². The summed E-state index contributed by atoms with van der Waals surface area (Å²) < 4.78 is 25.8. The van der Waals surface area contributed by atoms with E-state index in [1.807, 2.05) is 17.1 Å². The zero-order chi connectivity index (χ0) is 17.1. The van der Waals surface area contributed by atoms with Gasteiger partial charge >= 0.3 is 0 Å². The van der Waals surface area contributed by atoms with Crippen LogP contribution >= 0.6 is 0 Å². The number of rotatable bonds is 3. The Morgan fingerprint density at radius 2 is 1.92 bits per heavy atom. The molecule has 1 aromatic carbocycles. The first-order valence-corrected chi connectivity index (χ1v) is 9.32. The third-order valence-corrected chi connectivity index (χ3v) is 5.81. The van der Waals surface area contributed by atoms with Gasteiger partial charge in [-0.25, -0.2) is 5.14 Å². The summed E-state index contributed by atoms with van der Waals surface area (Å²) >= 11 is 0. The summed E-state index contributed by atoms with van der Waals surface area (Å²) in [6.07, 6.45) is 3.65. The molecule has 1 saturated heterocycles. The standard InChI is InChI=1S/C16H19N5O2S/c1-10-3-14-15(4-11(10)2)18-5-13-6-19-21(16(13)14)9-12-7-20(8-12)24(17,22)23/h3-6,12H,7-9H2,1-2H3,(H2,17,22,23). The maximum atomic E-state index is 11.3. The molecule has 0 saturated carbocycles. The van der Waals surface area contributed by atoms with Gasteiger partial charge in [0.05, 0.1) is 17.2 Å². The molecule has 1 aliphatic rings. The summed E-state index contributed by atoms with van der Waals surface area (Å²) in [5, 5.41) is 11.7. The monoisotopic (exact) mass is 345 g/mol. The molecule has 24 heavy (non-hydrogen) atoms. The van der Waals surface area contributed by atoms with Crippen LogP contribution in [0.15, 0.2) is 24.5 Å². The van der Waals surface area contributed by atoms with E-state index < -0.39 is 10.2 Å². The van der Waals surface area contributed by atoms with Crippen molar-refractivity contribution in [2.45, 2.75) is 20.4 Å². The van der Waals surface area contributed by atoms with Gasteiger partial charge in [-0.2, -0.15) is 17.8 Å². The lowest BCUT2D eigenvalue weighted by atomic mass is 10.0. The van der Waals surface area contributed by atoms with Gasteiger partial charge in [-0.15, -0.1) is 0 Å². The maximum Gasteiger partial charge on any atom is 0.276 e. The van der Waals surface area contributed by atoms with Crippen LogP contribution in [-0.4, -0.2) is 40.6 Å². The van der Waals surface area contributed by atoms with E-state index in [1.165, 1.54) is 15.4 Å². The first kappa shape index (κ1) is 15.5. The number of pyridine rings is 1. The molecule has 0 atom stereocenters. The summed E-state index contributed by atoms with van der Waals surface area (Å²) in [6, 6.07) is 4.24. The van der Waals surface area contributed by atoms with Crippen molar-refractivity contribution >= 4 is 32.0 Å². The van der Waals surface area contributed by atoms with Crippen molar-refractivity contribution < 1.29 is 8.42 Å². The molecule has 0 aliphatic carbocycles. The van der Waals surface area contributed by atoms with Gasteiger partial charge in [0.1, 0.15) is 0 Å². The van der Waals surface area contributed by atoms with Crippen LogP contribution < -0.4 is 5.14 Å². The van der Waals surface area contributed by atoms with Crippen LogP contribution in [0.2, 0.25) is 0 Å². The maximum absolute atomic E-state index is 11.3. The number of benzene rings is 1. The highest BCUT2D eigenvalue weighted by molar-refractivity contribution is 7.86. The van der Waals surface area contributed by atoms with Crippen molar-refractivity contribution in [3.05, 3.63) is 35.7 Å². The quantitative estimate of drug-likeness (QED) is 0.775. The van der Waals surface area contributed by atoms with Crippen LogP contribution in [0, 0.1) is 19.8 Å². The molecule has 1 fully saturated rings. The van der Waals surface area contributed by atoms with Crippen molar-refractivity contribution in [2.24, 2.45) is 11.1 Å². The minimum Gasteiger partial charge on any atom is -0.264 e. The van der Waals surface area contributed by atoms with E-state index in [4.69, 9.17) is 5.14 Å². The van der Waals surface area contributed by atoms with E-state index in [0.29, 0.717) is 19.6 Å². The molecular weight excluding hydrogens is 326 g/mol. The number of fused-ring (bicyclic) bond motifs is 3. The number of aromatic nitrogens is 3. The highest BCUT2D eigenvalue weighted by Gasteiger charge is 2.34. The Morgan fingerprint density at radius 3 is 2.62 bits per heavy atom. The van der Waals surface area contributed by atoms with E-state index in [1.54, 1.807) is 0 Å². The zero-order valence-corrected chi connectivity index (χ0v) is 14.4. The lowest BCUT2D eigenvalue weighted by Gasteiger charge is -2.36. The first-order chi connectivity index (χ1) is 11.3. The summed E-state index contributed by atoms with van der Waals surface area (Å²) in [6.45, 7) is 5.72. The molecule has 2 N–H and O–H groups in total. The van der Waals surface area contributed by atoms with E-state index in [0.717, 1.165) is 21.8 Å². The largest absolute Gasteiger partial charge is 0.276 e. The van der Waals surface area contributed by atoms with Gasteiger partial charge < -0.3 is 0 Å². The predicted molar refractivity (Wildman–Crippen MR) is 92.7 cm³/mol. The minimum absolute atomic E-state index is 0.223. The molecule has 7 nitrogen and oxygen atoms in total. The molecular formula is C16H19N5O2S. The third-order valence-electron chi connectivity index (χ3n) is 4.79. The number of hydrogen-bond acceptors (Lipinski definition) is 4. The Hall–Kier alpha value is -2.03. The highest BCUT2D eigenvalue weighted by Crippen LogP contribution is 2.28. The van der Waals surface area contributed by atoms with Crippen LogP contribution in [0.3, 0.4) is 0 Å². The molecule has 3 heterocycles. The SMILES string of the molecule is Cc1cc2ncc3cnn(CC4CN(S(N)(=O)=O)C4)c3c2cc1C. The van der Waals surface area contributed by atoms with E-state index in [9.17, 15) is 8.42 Å². The number of nitrogens with zero attached hydrogens (tertiary/aromatic N) is 4. The van der Waals surface area contributed by atoms with Crippen LogP contribution in [0.1, 0.15) is 11.1 Å². The normalized spacial score (nSPS) is 16.8. The Bertz CT molecular complexity index is 1050. The summed E-state index contributed by atoms with van der Waals surface area (Å²) in [7, 11) is -3.57. The molecule has 0 radical (unpaired) electrons. The molecule has 3 aromatic rings. The molecule has 2 aromatic heterocycles. The van der Waals surface area contributed by atoms with Crippen LogP contribution in [-0.2, 0) is 16.8 Å². The lowest BCUT2D eigenvalue weighted by molar-refractivity contribution is 0.177. The summed E-state index contributed by atoms with van der Waals surface area (Å²) in [4.78, 5) is 4.52. The average Bonchev–Trinajstić information content (AvgIpc) is 2.86. The number of nitrogens with two attached hydrogens (primary N) is 1. The molecule has 0 unspecified atom stereocenters. The van der Waals surface area contributed by atoms with E-state index in [2.05, 4.69) is 36.1 Å². The van der Waals surface area contributed by atoms with Gasteiger partial charge in [-0.1, -0.05) is 0 Å². The second-order valence-corrected chi connectivity index (χ2v) is 8.12. The van der Waals surface area contributed by atoms with E-state index >= 15 is 0 Å². The summed E-state index contributed by atoms with van der Waals surface area (Å²) in [5.74, 6) is 0.223. The topological polar surface area (TPSA) is 94.1 Å². The molecule has 0 bridgehead atoms. The van der Waals surface area contributed by atoms with Crippen molar-refractivity contribution in [1.82, 2.24) is 19.1 Å². The molecule has 0 spiro atoms. The van der Waals surface area contributed by atoms with Gasteiger partial charge in [0.25, 0.3) is 10.2 Å². The minimum atomic E-state index is -3.57. The number of aryl methyl sites for hydroxylation is 2. The lowest BCUT2D eigenvalue weighted by Crippen LogP contribution is -2.53. The van der Waals surface area contributed by atoms with Gasteiger partial charge in [-0.05, 0) is 37.1 Å². The van der Waals surface area contributed by atoms with Gasteiger partial charge in [0.2, 0.25) is 0 Å². The summed E-state index contributed by atoms with van der Waals surface area (Å²) in [5.41, 5.74) is 4.43. The van der Waals surface area contributed by atoms with Crippen LogP contribution in [0.25, 0.3) is 21.8 Å². The number of hydrogen-bond donors (Lipinski definition) is 1. The van der Waals surface area contributed by atoms with Crippen LogP contribution in [0.5, 0.6) is 0 Å². The first-order valence-electron chi connectivity index (χ1n) is 7.82. The van der Waals surface area contributed by atoms with Gasteiger partial charge in [0.15, 0.2) is 0 Å². The Balaban J connectivity index is 1.72. The van der Waals surface area contributed by atoms with Gasteiger partial charge in [0, 0.05) is 42.5 Å². The molecule has 1 aliphatic heterocycles. The van der Waals surface area contributed by atoms with Crippen molar-refractivity contribution in [2.75, 3.05) is 13.1 Å². The average molecular weight is 345 g/mol. The smallest absolute Gasteiger partial charge is 0.264 e. The van der Waals surface area contributed by atoms with E-state index in [-0.39, 0.29) is 5.92 Å². The van der Waals surface area contributed by atoms with Gasteiger partial charge in [-0.3, -0.25) is 9.67 Å². The molecule has 8 heteroatoms. The fraction of sp³-hybridized carbons (Fsp3) is 0.375. The highest BCUT2D eigenvalue weighted by atomic mass is 32.2. The van der Waals surface area contributed by atoms with Crippen molar-refractivity contribution in [3.63, 3.8) is 0 Å². The Kier molecular flexibility index (Phi) is 3.38. The fourth-order valence-corrected chi connectivity index (χ4v) is 4.09. The predicted octanol–water partition coefficient (Wildman–Crippen LogP) is 1.34. The molecule has 126 valence electrons. The Morgan fingerprint density at radius 1 is 1.21 bits per heavy atom. The molecule has 4 rings (SSSR count). The third kappa shape index (κ3) is 2.47. The Labute approximate surface area is 140 Å². The fourth-order valence-electron chi connectivity index (χ4n) is 3.25. The second kappa shape index (κ2) is 5.23. The van der Waals surface area contributed by atoms with Crippen molar-refractivity contribution in [3.8, 4) is 0 Å². The van der Waals surface area contributed by atoms with Crippen LogP contribution in [0.4, 0.5) is 0 Å². The second-order valence-electron chi connectivity index (χ2n) is 6.57. The zero-order valence-electron chi connectivity index (χ0n) is 13.6.